The summed E-state index contributed by atoms with van der Waals surface area (Å²) in [4.78, 5) is 14.8. The first-order chi connectivity index (χ1) is 9.99. The number of aromatic nitrogens is 1. The van der Waals surface area contributed by atoms with Crippen molar-refractivity contribution >= 4 is 60.3 Å². The van der Waals surface area contributed by atoms with E-state index in [0.29, 0.717) is 35.9 Å². The number of nitrogens with zero attached hydrogens (tertiary/aromatic N) is 1. The molecular formula is C14H12Br2ClNO3. The Morgan fingerprint density at radius 1 is 1.29 bits per heavy atom. The van der Waals surface area contributed by atoms with Gasteiger partial charge in [-0.2, -0.15) is 0 Å². The Labute approximate surface area is 143 Å². The molecule has 21 heavy (non-hydrogen) atoms. The van der Waals surface area contributed by atoms with Gasteiger partial charge in [0, 0.05) is 16.3 Å². The van der Waals surface area contributed by atoms with E-state index in [1.165, 1.54) is 0 Å². The molecule has 2 rings (SSSR count). The Morgan fingerprint density at radius 3 is 2.76 bits per heavy atom. The number of fused-ring (bicyclic) bond motifs is 1. The molecular weight excluding hydrogens is 425 g/mol. The van der Waals surface area contributed by atoms with Gasteiger partial charge in [0.1, 0.15) is 10.7 Å². The third-order valence-electron chi connectivity index (χ3n) is 2.84. The zero-order valence-electron chi connectivity index (χ0n) is 10.9. The number of unbranched alkanes of at least 4 members (excludes halogenated alkanes) is 1. The largest absolute Gasteiger partial charge is 0.490 e. The van der Waals surface area contributed by atoms with Gasteiger partial charge in [0.25, 0.3) is 0 Å². The van der Waals surface area contributed by atoms with Gasteiger partial charge in [-0.25, -0.2) is 4.98 Å². The van der Waals surface area contributed by atoms with Crippen molar-refractivity contribution in [2.24, 2.45) is 0 Å². The van der Waals surface area contributed by atoms with Crippen molar-refractivity contribution in [1.82, 2.24) is 4.98 Å². The third kappa shape index (κ3) is 4.31. The van der Waals surface area contributed by atoms with E-state index >= 15 is 0 Å². The van der Waals surface area contributed by atoms with Crippen LogP contribution < -0.4 is 4.74 Å². The lowest BCUT2D eigenvalue weighted by Gasteiger charge is -2.12. The maximum Gasteiger partial charge on any atom is 0.303 e. The lowest BCUT2D eigenvalue weighted by Crippen LogP contribution is -2.02. The van der Waals surface area contributed by atoms with Crippen molar-refractivity contribution in [3.8, 4) is 5.75 Å². The second-order valence-corrected chi connectivity index (χ2v) is 6.49. The predicted molar refractivity (Wildman–Crippen MR) is 89.1 cm³/mol. The maximum atomic E-state index is 10.5. The molecule has 4 nitrogen and oxygen atoms in total. The summed E-state index contributed by atoms with van der Waals surface area (Å²) in [6.07, 6.45) is 1.39. The zero-order chi connectivity index (χ0) is 15.4. The number of aliphatic carboxylic acids is 1. The molecule has 7 heteroatoms. The molecule has 1 aromatic carbocycles. The van der Waals surface area contributed by atoms with Crippen molar-refractivity contribution in [2.45, 2.75) is 19.3 Å². The monoisotopic (exact) mass is 435 g/mol. The van der Waals surface area contributed by atoms with E-state index in [4.69, 9.17) is 21.4 Å². The van der Waals surface area contributed by atoms with Crippen LogP contribution in [0.25, 0.3) is 10.9 Å². The Balaban J connectivity index is 2.18. The summed E-state index contributed by atoms with van der Waals surface area (Å²) in [5.41, 5.74) is 0.669. The third-order valence-corrected chi connectivity index (χ3v) is 4.29. The molecule has 0 bridgehead atoms. The molecule has 1 N–H and O–H groups in total. The molecule has 0 aliphatic carbocycles. The minimum Gasteiger partial charge on any atom is -0.490 e. The van der Waals surface area contributed by atoms with E-state index in [9.17, 15) is 4.79 Å². The van der Waals surface area contributed by atoms with Gasteiger partial charge < -0.3 is 9.84 Å². The number of ether oxygens (including phenoxy) is 1. The van der Waals surface area contributed by atoms with Crippen LogP contribution in [0, 0.1) is 0 Å². The van der Waals surface area contributed by atoms with Gasteiger partial charge in [-0.05, 0) is 47.0 Å². The second-order valence-electron chi connectivity index (χ2n) is 4.40. The second kappa shape index (κ2) is 7.42. The molecule has 112 valence electrons. The highest BCUT2D eigenvalue weighted by Gasteiger charge is 2.13. The number of carboxylic acids is 1. The Kier molecular flexibility index (Phi) is 5.84. The van der Waals surface area contributed by atoms with Crippen molar-refractivity contribution in [3.63, 3.8) is 0 Å². The minimum atomic E-state index is -0.793. The summed E-state index contributed by atoms with van der Waals surface area (Å²) in [5, 5.41) is 9.90. The highest BCUT2D eigenvalue weighted by Crippen LogP contribution is 2.38. The van der Waals surface area contributed by atoms with Gasteiger partial charge in [0.15, 0.2) is 5.75 Å². The molecule has 0 radical (unpaired) electrons. The summed E-state index contributed by atoms with van der Waals surface area (Å²) in [5.74, 6) is -0.176. The number of halogens is 3. The SMILES string of the molecule is O=C(O)CCCCOc1c(Br)cc(Br)c2ccc(Cl)nc12. The standard InChI is InChI=1S/C14H12Br2ClNO3/c15-9-7-10(16)14(21-6-2-1-3-12(19)20)13-8(9)4-5-11(17)18-13/h4-5,7H,1-3,6H2,(H,19,20). The number of pyridine rings is 1. The smallest absolute Gasteiger partial charge is 0.303 e. The first-order valence-electron chi connectivity index (χ1n) is 6.28. The number of hydrogen-bond acceptors (Lipinski definition) is 3. The van der Waals surface area contributed by atoms with Gasteiger partial charge in [-0.3, -0.25) is 4.79 Å². The number of rotatable bonds is 6. The Morgan fingerprint density at radius 2 is 2.05 bits per heavy atom. The van der Waals surface area contributed by atoms with E-state index in [1.807, 2.05) is 12.1 Å². The predicted octanol–water partition coefficient (Wildman–Crippen LogP) is 5.05. The summed E-state index contributed by atoms with van der Waals surface area (Å²) in [7, 11) is 0. The van der Waals surface area contributed by atoms with Crippen molar-refractivity contribution < 1.29 is 14.6 Å². The van der Waals surface area contributed by atoms with Gasteiger partial charge in [-0.15, -0.1) is 0 Å². The molecule has 1 aromatic heterocycles. The van der Waals surface area contributed by atoms with Crippen LogP contribution in [0.3, 0.4) is 0 Å². The molecule has 0 aliphatic heterocycles. The number of carboxylic acid groups (broad SMARTS) is 1. The van der Waals surface area contributed by atoms with Crippen molar-refractivity contribution in [1.29, 1.82) is 0 Å². The average molecular weight is 438 g/mol. The van der Waals surface area contributed by atoms with Gasteiger partial charge >= 0.3 is 5.97 Å². The Hall–Kier alpha value is -0.850. The fourth-order valence-electron chi connectivity index (χ4n) is 1.86. The lowest BCUT2D eigenvalue weighted by atomic mass is 10.2. The van der Waals surface area contributed by atoms with Crippen LogP contribution >= 0.6 is 43.5 Å². The molecule has 0 fully saturated rings. The van der Waals surface area contributed by atoms with Crippen LogP contribution in [0.1, 0.15) is 19.3 Å². The summed E-state index contributed by atoms with van der Waals surface area (Å²) in [6, 6.07) is 5.49. The van der Waals surface area contributed by atoms with E-state index in [2.05, 4.69) is 36.8 Å². The van der Waals surface area contributed by atoms with Crippen LogP contribution in [0.5, 0.6) is 5.75 Å². The first-order valence-corrected chi connectivity index (χ1v) is 8.24. The molecule has 2 aromatic rings. The van der Waals surface area contributed by atoms with Crippen LogP contribution in [-0.4, -0.2) is 22.7 Å². The van der Waals surface area contributed by atoms with Gasteiger partial charge in [0.2, 0.25) is 0 Å². The van der Waals surface area contributed by atoms with E-state index in [0.717, 1.165) is 14.3 Å². The summed E-state index contributed by atoms with van der Waals surface area (Å²) < 4.78 is 7.43. The minimum absolute atomic E-state index is 0.149. The van der Waals surface area contributed by atoms with Crippen LogP contribution in [0.4, 0.5) is 0 Å². The average Bonchev–Trinajstić information content (AvgIpc) is 2.41. The topological polar surface area (TPSA) is 59.4 Å². The molecule has 0 unspecified atom stereocenters. The number of benzene rings is 1. The molecule has 1 heterocycles. The fraction of sp³-hybridized carbons (Fsp3) is 0.286. The van der Waals surface area contributed by atoms with E-state index in [-0.39, 0.29) is 6.42 Å². The lowest BCUT2D eigenvalue weighted by molar-refractivity contribution is -0.137. The molecule has 0 aliphatic rings. The van der Waals surface area contributed by atoms with Gasteiger partial charge in [0.05, 0.1) is 11.1 Å². The van der Waals surface area contributed by atoms with E-state index in [1.54, 1.807) is 6.07 Å². The molecule has 0 saturated carbocycles. The number of hydrogen-bond donors (Lipinski definition) is 1. The molecule has 0 spiro atoms. The summed E-state index contributed by atoms with van der Waals surface area (Å²) in [6.45, 7) is 0.427. The highest BCUT2D eigenvalue weighted by molar-refractivity contribution is 9.11. The van der Waals surface area contributed by atoms with Crippen LogP contribution in [0.15, 0.2) is 27.1 Å². The van der Waals surface area contributed by atoms with Gasteiger partial charge in [-0.1, -0.05) is 27.5 Å². The molecule has 0 saturated heterocycles. The zero-order valence-corrected chi connectivity index (χ0v) is 14.8. The van der Waals surface area contributed by atoms with E-state index < -0.39 is 5.97 Å². The van der Waals surface area contributed by atoms with Crippen LogP contribution in [-0.2, 0) is 4.79 Å². The number of carbonyl (C=O) groups is 1. The molecule has 0 atom stereocenters. The highest BCUT2D eigenvalue weighted by atomic mass is 79.9. The normalized spacial score (nSPS) is 10.8. The maximum absolute atomic E-state index is 10.5. The van der Waals surface area contributed by atoms with Crippen LogP contribution in [0.2, 0.25) is 5.15 Å². The molecule has 0 amide bonds. The summed E-state index contributed by atoms with van der Waals surface area (Å²) >= 11 is 12.9. The Bertz CT molecular complexity index is 679. The fourth-order valence-corrected chi connectivity index (χ4v) is 3.39. The van der Waals surface area contributed by atoms with Crippen molar-refractivity contribution in [3.05, 3.63) is 32.3 Å². The van der Waals surface area contributed by atoms with Crippen molar-refractivity contribution in [2.75, 3.05) is 6.61 Å². The quantitative estimate of drug-likeness (QED) is 0.508. The first kappa shape index (κ1) is 16.5.